The summed E-state index contributed by atoms with van der Waals surface area (Å²) in [6, 6.07) is 13.8. The van der Waals surface area contributed by atoms with Crippen molar-refractivity contribution in [1.82, 2.24) is 4.98 Å². The third-order valence-electron chi connectivity index (χ3n) is 3.34. The Hall–Kier alpha value is -2.34. The Labute approximate surface area is 120 Å². The van der Waals surface area contributed by atoms with Gasteiger partial charge in [0.25, 0.3) is 0 Å². The van der Waals surface area contributed by atoms with Crippen LogP contribution in [-0.2, 0) is 5.41 Å². The van der Waals surface area contributed by atoms with Crippen molar-refractivity contribution in [2.45, 2.75) is 26.2 Å². The zero-order valence-corrected chi connectivity index (χ0v) is 12.4. The number of benzene rings is 1. The molecular formula is C17H19N3. The Balaban J connectivity index is 2.35. The minimum absolute atomic E-state index is 0.0919. The van der Waals surface area contributed by atoms with Crippen LogP contribution in [0.5, 0.6) is 0 Å². The molecule has 3 nitrogen and oxygen atoms in total. The smallest absolute Gasteiger partial charge is 0.132 e. The van der Waals surface area contributed by atoms with Gasteiger partial charge >= 0.3 is 0 Å². The third-order valence-corrected chi connectivity index (χ3v) is 3.34. The van der Waals surface area contributed by atoms with Gasteiger partial charge in [0.2, 0.25) is 0 Å². The molecule has 0 saturated carbocycles. The fourth-order valence-electron chi connectivity index (χ4n) is 2.01. The Morgan fingerprint density at radius 2 is 1.80 bits per heavy atom. The lowest BCUT2D eigenvalue weighted by atomic mass is 9.88. The van der Waals surface area contributed by atoms with Gasteiger partial charge in [-0.1, -0.05) is 39.0 Å². The van der Waals surface area contributed by atoms with E-state index in [1.165, 1.54) is 5.56 Å². The molecule has 0 unspecified atom stereocenters. The van der Waals surface area contributed by atoms with Crippen molar-refractivity contribution >= 4 is 11.5 Å². The molecule has 0 N–H and O–H groups in total. The van der Waals surface area contributed by atoms with Gasteiger partial charge in [0.05, 0.1) is 11.3 Å². The van der Waals surface area contributed by atoms with E-state index in [0.29, 0.717) is 5.56 Å². The first kappa shape index (κ1) is 14.1. The Morgan fingerprint density at radius 1 is 1.10 bits per heavy atom. The summed E-state index contributed by atoms with van der Waals surface area (Å²) in [6.45, 7) is 6.50. The predicted octanol–water partition coefficient (Wildman–Crippen LogP) is 4.02. The molecular weight excluding hydrogens is 246 g/mol. The zero-order valence-electron chi connectivity index (χ0n) is 12.4. The lowest BCUT2D eigenvalue weighted by Gasteiger charge is -2.22. The molecule has 0 radical (unpaired) electrons. The Bertz CT molecular complexity index is 631. The SMILES string of the molecule is CN(c1ccc(C(C)(C)C)cn1)c1ccccc1C#N. The summed E-state index contributed by atoms with van der Waals surface area (Å²) in [6.07, 6.45) is 1.90. The summed E-state index contributed by atoms with van der Waals surface area (Å²) in [4.78, 5) is 6.45. The lowest BCUT2D eigenvalue weighted by molar-refractivity contribution is 0.587. The molecule has 1 heterocycles. The molecule has 102 valence electrons. The summed E-state index contributed by atoms with van der Waals surface area (Å²) >= 11 is 0. The van der Waals surface area contributed by atoms with E-state index >= 15 is 0 Å². The van der Waals surface area contributed by atoms with Crippen LogP contribution in [0.1, 0.15) is 31.9 Å². The molecule has 0 amide bonds. The molecule has 2 rings (SSSR count). The maximum Gasteiger partial charge on any atom is 0.132 e. The number of hydrogen-bond acceptors (Lipinski definition) is 3. The first-order valence-corrected chi connectivity index (χ1v) is 6.63. The number of pyridine rings is 1. The molecule has 0 saturated heterocycles. The van der Waals surface area contributed by atoms with Crippen molar-refractivity contribution in [3.05, 3.63) is 53.7 Å². The summed E-state index contributed by atoms with van der Waals surface area (Å²) in [5.74, 6) is 0.834. The first-order valence-electron chi connectivity index (χ1n) is 6.63. The van der Waals surface area contributed by atoms with E-state index in [1.807, 2.05) is 48.5 Å². The van der Waals surface area contributed by atoms with Gasteiger partial charge in [-0.3, -0.25) is 0 Å². The maximum atomic E-state index is 9.17. The van der Waals surface area contributed by atoms with Crippen LogP contribution >= 0.6 is 0 Å². The fourth-order valence-corrected chi connectivity index (χ4v) is 2.01. The van der Waals surface area contributed by atoms with E-state index in [1.54, 1.807) is 0 Å². The van der Waals surface area contributed by atoms with Gasteiger partial charge in [0, 0.05) is 13.2 Å². The highest BCUT2D eigenvalue weighted by molar-refractivity contribution is 5.66. The van der Waals surface area contributed by atoms with Crippen LogP contribution in [0.3, 0.4) is 0 Å². The van der Waals surface area contributed by atoms with Crippen LogP contribution in [-0.4, -0.2) is 12.0 Å². The van der Waals surface area contributed by atoms with E-state index in [4.69, 9.17) is 5.26 Å². The molecule has 0 bridgehead atoms. The zero-order chi connectivity index (χ0) is 14.8. The van der Waals surface area contributed by atoms with Gasteiger partial charge in [0.15, 0.2) is 0 Å². The Kier molecular flexibility index (Phi) is 3.76. The topological polar surface area (TPSA) is 39.9 Å². The summed E-state index contributed by atoms with van der Waals surface area (Å²) in [5.41, 5.74) is 2.81. The van der Waals surface area contributed by atoms with E-state index in [2.05, 4.69) is 37.9 Å². The monoisotopic (exact) mass is 265 g/mol. The predicted molar refractivity (Wildman–Crippen MR) is 82.2 cm³/mol. The highest BCUT2D eigenvalue weighted by Gasteiger charge is 2.15. The number of anilines is 2. The van der Waals surface area contributed by atoms with Crippen molar-refractivity contribution in [2.75, 3.05) is 11.9 Å². The van der Waals surface area contributed by atoms with Crippen LogP contribution in [0.25, 0.3) is 0 Å². The van der Waals surface area contributed by atoms with Gasteiger partial charge < -0.3 is 4.90 Å². The third kappa shape index (κ3) is 2.80. The van der Waals surface area contributed by atoms with Crippen LogP contribution in [0.2, 0.25) is 0 Å². The molecule has 3 heteroatoms. The number of para-hydroxylation sites is 1. The normalized spacial score (nSPS) is 10.9. The highest BCUT2D eigenvalue weighted by Crippen LogP contribution is 2.27. The highest BCUT2D eigenvalue weighted by atomic mass is 15.2. The van der Waals surface area contributed by atoms with Gasteiger partial charge in [0.1, 0.15) is 11.9 Å². The number of hydrogen-bond donors (Lipinski definition) is 0. The van der Waals surface area contributed by atoms with E-state index in [9.17, 15) is 0 Å². The standard InChI is InChI=1S/C17H19N3/c1-17(2,3)14-9-10-16(19-12-14)20(4)15-8-6-5-7-13(15)11-18/h5-10,12H,1-4H3. The molecule has 20 heavy (non-hydrogen) atoms. The summed E-state index contributed by atoms with van der Waals surface area (Å²) < 4.78 is 0. The van der Waals surface area contributed by atoms with Crippen molar-refractivity contribution in [2.24, 2.45) is 0 Å². The van der Waals surface area contributed by atoms with Gasteiger partial charge in [-0.15, -0.1) is 0 Å². The molecule has 0 spiro atoms. The van der Waals surface area contributed by atoms with Crippen molar-refractivity contribution in [3.63, 3.8) is 0 Å². The second-order valence-corrected chi connectivity index (χ2v) is 5.84. The van der Waals surface area contributed by atoms with E-state index in [-0.39, 0.29) is 5.41 Å². The second-order valence-electron chi connectivity index (χ2n) is 5.84. The molecule has 1 aromatic carbocycles. The first-order chi connectivity index (χ1) is 9.43. The molecule has 0 aliphatic heterocycles. The average Bonchev–Trinajstić information content (AvgIpc) is 2.45. The minimum atomic E-state index is 0.0919. The molecule has 0 aliphatic rings. The number of nitriles is 1. The molecule has 1 aromatic heterocycles. The van der Waals surface area contributed by atoms with Crippen LogP contribution < -0.4 is 4.90 Å². The average molecular weight is 265 g/mol. The number of aromatic nitrogens is 1. The largest absolute Gasteiger partial charge is 0.328 e. The van der Waals surface area contributed by atoms with Crippen LogP contribution in [0.4, 0.5) is 11.5 Å². The van der Waals surface area contributed by atoms with E-state index in [0.717, 1.165) is 11.5 Å². The van der Waals surface area contributed by atoms with Crippen LogP contribution in [0.15, 0.2) is 42.6 Å². The van der Waals surface area contributed by atoms with Crippen molar-refractivity contribution < 1.29 is 0 Å². The van der Waals surface area contributed by atoms with Gasteiger partial charge in [-0.2, -0.15) is 5.26 Å². The van der Waals surface area contributed by atoms with Crippen molar-refractivity contribution in [1.29, 1.82) is 5.26 Å². The van der Waals surface area contributed by atoms with E-state index < -0.39 is 0 Å². The summed E-state index contributed by atoms with van der Waals surface area (Å²) in [5, 5.41) is 9.17. The summed E-state index contributed by atoms with van der Waals surface area (Å²) in [7, 11) is 1.93. The maximum absolute atomic E-state index is 9.17. The fraction of sp³-hybridized carbons (Fsp3) is 0.294. The van der Waals surface area contributed by atoms with Crippen molar-refractivity contribution in [3.8, 4) is 6.07 Å². The molecule has 0 fully saturated rings. The quantitative estimate of drug-likeness (QED) is 0.823. The molecule has 2 aromatic rings. The minimum Gasteiger partial charge on any atom is -0.328 e. The number of nitrogens with zero attached hydrogens (tertiary/aromatic N) is 3. The van der Waals surface area contributed by atoms with Gasteiger partial charge in [-0.25, -0.2) is 4.98 Å². The van der Waals surface area contributed by atoms with Crippen LogP contribution in [0, 0.1) is 11.3 Å². The Morgan fingerprint density at radius 3 is 2.35 bits per heavy atom. The second kappa shape index (κ2) is 5.34. The number of rotatable bonds is 2. The molecule has 0 aliphatic carbocycles. The van der Waals surface area contributed by atoms with Gasteiger partial charge in [-0.05, 0) is 29.2 Å². The molecule has 0 atom stereocenters. The lowest BCUT2D eigenvalue weighted by Crippen LogP contribution is -2.15.